The highest BCUT2D eigenvalue weighted by atomic mass is 32.2. The number of halogens is 1. The van der Waals surface area contributed by atoms with E-state index >= 15 is 0 Å². The van der Waals surface area contributed by atoms with Crippen LogP contribution in [0.2, 0.25) is 0 Å². The molecule has 1 aromatic carbocycles. The Morgan fingerprint density at radius 2 is 1.93 bits per heavy atom. The maximum atomic E-state index is 13.3. The number of aromatic nitrogens is 3. The van der Waals surface area contributed by atoms with Crippen LogP contribution in [-0.4, -0.2) is 43.9 Å². The molecule has 1 aliphatic heterocycles. The zero-order chi connectivity index (χ0) is 20.2. The number of hydrogen-bond acceptors (Lipinski definition) is 4. The number of thioether (sulfide) groups is 1. The number of hydrogen-bond donors (Lipinski definition) is 0. The van der Waals surface area contributed by atoms with Crippen LogP contribution >= 0.6 is 11.8 Å². The van der Waals surface area contributed by atoms with Crippen molar-refractivity contribution < 1.29 is 9.18 Å². The smallest absolute Gasteiger partial charge is 0.233 e. The first-order valence-electron chi connectivity index (χ1n) is 10.4. The highest BCUT2D eigenvalue weighted by molar-refractivity contribution is 7.99. The van der Waals surface area contributed by atoms with Gasteiger partial charge in [0.25, 0.3) is 0 Å². The van der Waals surface area contributed by atoms with Gasteiger partial charge in [-0.15, -0.1) is 16.8 Å². The van der Waals surface area contributed by atoms with Gasteiger partial charge in [0.1, 0.15) is 5.82 Å². The molecule has 0 spiro atoms. The summed E-state index contributed by atoms with van der Waals surface area (Å²) in [5.41, 5.74) is 0.792. The summed E-state index contributed by atoms with van der Waals surface area (Å²) < 4.78 is 15.2. The van der Waals surface area contributed by atoms with E-state index < -0.39 is 0 Å². The predicted octanol–water partition coefficient (Wildman–Crippen LogP) is 4.54. The van der Waals surface area contributed by atoms with Gasteiger partial charge in [0, 0.05) is 24.7 Å². The molecule has 2 aliphatic rings. The molecule has 0 unspecified atom stereocenters. The Morgan fingerprint density at radius 1 is 1.17 bits per heavy atom. The van der Waals surface area contributed by atoms with Crippen LogP contribution in [0.25, 0.3) is 11.4 Å². The molecule has 5 nitrogen and oxygen atoms in total. The van der Waals surface area contributed by atoms with Crippen LogP contribution < -0.4 is 0 Å². The Bertz CT molecular complexity index is 864. The van der Waals surface area contributed by atoms with Crippen molar-refractivity contribution in [3.05, 3.63) is 42.7 Å². The number of likely N-dealkylation sites (tertiary alicyclic amines) is 1. The van der Waals surface area contributed by atoms with Gasteiger partial charge in [-0.25, -0.2) is 4.39 Å². The first kappa shape index (κ1) is 20.1. The van der Waals surface area contributed by atoms with Gasteiger partial charge in [0.05, 0.1) is 5.75 Å². The molecule has 1 aromatic heterocycles. The monoisotopic (exact) mass is 414 g/mol. The van der Waals surface area contributed by atoms with Crippen molar-refractivity contribution in [2.24, 2.45) is 5.92 Å². The van der Waals surface area contributed by atoms with Crippen LogP contribution in [0.15, 0.2) is 42.1 Å². The number of carbonyl (C=O) groups excluding carboxylic acids is 1. The lowest BCUT2D eigenvalue weighted by Gasteiger charge is -2.44. The summed E-state index contributed by atoms with van der Waals surface area (Å²) >= 11 is 1.42. The molecule has 1 saturated heterocycles. The summed E-state index contributed by atoms with van der Waals surface area (Å²) in [5.74, 6) is 1.61. The van der Waals surface area contributed by atoms with Crippen molar-refractivity contribution in [3.8, 4) is 11.4 Å². The minimum absolute atomic E-state index is 0.197. The van der Waals surface area contributed by atoms with Gasteiger partial charge in [-0.05, 0) is 55.9 Å². The van der Waals surface area contributed by atoms with Crippen molar-refractivity contribution in [1.29, 1.82) is 0 Å². The van der Waals surface area contributed by atoms with E-state index in [4.69, 9.17) is 0 Å². The number of benzene rings is 1. The van der Waals surface area contributed by atoms with E-state index in [-0.39, 0.29) is 11.7 Å². The van der Waals surface area contributed by atoms with Gasteiger partial charge in [0.2, 0.25) is 5.91 Å². The van der Waals surface area contributed by atoms with Crippen LogP contribution in [-0.2, 0) is 11.3 Å². The molecule has 1 aliphatic carbocycles. The minimum atomic E-state index is -0.286. The van der Waals surface area contributed by atoms with Crippen molar-refractivity contribution in [2.45, 2.75) is 56.3 Å². The highest BCUT2D eigenvalue weighted by Gasteiger charge is 2.35. The SMILES string of the molecule is C=CCn1c(SCC(=O)N2CCC[C@H]3CCCC[C@H]32)nnc1-c1ccc(F)cc1. The van der Waals surface area contributed by atoms with Crippen molar-refractivity contribution in [3.63, 3.8) is 0 Å². The second kappa shape index (κ2) is 9.11. The topological polar surface area (TPSA) is 51.0 Å². The molecule has 1 amide bonds. The molecule has 4 rings (SSSR count). The molecule has 2 aromatic rings. The molecule has 29 heavy (non-hydrogen) atoms. The molecular formula is C22H27FN4OS. The Kier molecular flexibility index (Phi) is 6.33. The van der Waals surface area contributed by atoms with Crippen molar-refractivity contribution in [1.82, 2.24) is 19.7 Å². The Morgan fingerprint density at radius 3 is 2.72 bits per heavy atom. The van der Waals surface area contributed by atoms with E-state index in [1.165, 1.54) is 49.6 Å². The molecule has 154 valence electrons. The van der Waals surface area contributed by atoms with Crippen LogP contribution in [0.3, 0.4) is 0 Å². The molecular weight excluding hydrogens is 387 g/mol. The number of nitrogens with zero attached hydrogens (tertiary/aromatic N) is 4. The van der Waals surface area contributed by atoms with E-state index in [0.717, 1.165) is 24.9 Å². The Labute approximate surface area is 175 Å². The summed E-state index contributed by atoms with van der Waals surface area (Å²) in [4.78, 5) is 15.1. The van der Waals surface area contributed by atoms with Gasteiger partial charge in [0.15, 0.2) is 11.0 Å². The van der Waals surface area contributed by atoms with Crippen LogP contribution in [0.5, 0.6) is 0 Å². The number of rotatable bonds is 6. The normalized spacial score (nSPS) is 21.6. The van der Waals surface area contributed by atoms with Gasteiger partial charge in [-0.1, -0.05) is 30.7 Å². The second-order valence-electron chi connectivity index (χ2n) is 7.84. The maximum Gasteiger partial charge on any atom is 0.233 e. The van der Waals surface area contributed by atoms with E-state index in [1.807, 2.05) is 4.57 Å². The van der Waals surface area contributed by atoms with E-state index in [9.17, 15) is 9.18 Å². The lowest BCUT2D eigenvalue weighted by atomic mass is 9.78. The fourth-order valence-corrected chi connectivity index (χ4v) is 5.48. The molecule has 2 atom stereocenters. The summed E-state index contributed by atoms with van der Waals surface area (Å²) in [6, 6.07) is 6.63. The van der Waals surface area contributed by atoms with E-state index in [2.05, 4.69) is 21.7 Å². The largest absolute Gasteiger partial charge is 0.339 e. The molecule has 0 bridgehead atoms. The average molecular weight is 415 g/mol. The van der Waals surface area contributed by atoms with Gasteiger partial charge in [-0.2, -0.15) is 0 Å². The Balaban J connectivity index is 1.47. The van der Waals surface area contributed by atoms with Crippen molar-refractivity contribution in [2.75, 3.05) is 12.3 Å². The van der Waals surface area contributed by atoms with Crippen LogP contribution in [0, 0.1) is 11.7 Å². The third-order valence-corrected chi connectivity index (χ3v) is 6.97. The van der Waals surface area contributed by atoms with Crippen LogP contribution in [0.4, 0.5) is 4.39 Å². The fourth-order valence-electron chi connectivity index (χ4n) is 4.65. The zero-order valence-electron chi connectivity index (χ0n) is 16.6. The second-order valence-corrected chi connectivity index (χ2v) is 8.78. The number of piperidine rings is 1. The van der Waals surface area contributed by atoms with Gasteiger partial charge < -0.3 is 4.90 Å². The molecule has 0 N–H and O–H groups in total. The number of carbonyl (C=O) groups is 1. The zero-order valence-corrected chi connectivity index (χ0v) is 17.4. The van der Waals surface area contributed by atoms with E-state index in [0.29, 0.717) is 35.2 Å². The lowest BCUT2D eigenvalue weighted by molar-refractivity contribution is -0.134. The number of allylic oxidation sites excluding steroid dienone is 1. The fraction of sp³-hybridized carbons (Fsp3) is 0.500. The average Bonchev–Trinajstić information content (AvgIpc) is 3.15. The van der Waals surface area contributed by atoms with Crippen LogP contribution in [0.1, 0.15) is 38.5 Å². The number of fused-ring (bicyclic) bond motifs is 1. The molecule has 2 fully saturated rings. The third-order valence-electron chi connectivity index (χ3n) is 6.02. The maximum absolute atomic E-state index is 13.3. The third kappa shape index (κ3) is 4.39. The minimum Gasteiger partial charge on any atom is -0.339 e. The Hall–Kier alpha value is -2.15. The molecule has 2 heterocycles. The quantitative estimate of drug-likeness (QED) is 0.514. The first-order chi connectivity index (χ1) is 14.2. The summed E-state index contributed by atoms with van der Waals surface area (Å²) in [5, 5.41) is 9.27. The van der Waals surface area contributed by atoms with E-state index in [1.54, 1.807) is 18.2 Å². The highest BCUT2D eigenvalue weighted by Crippen LogP contribution is 2.36. The predicted molar refractivity (Wildman–Crippen MR) is 113 cm³/mol. The van der Waals surface area contributed by atoms with Crippen molar-refractivity contribution >= 4 is 17.7 Å². The summed E-state index contributed by atoms with van der Waals surface area (Å²) in [7, 11) is 0. The molecule has 1 saturated carbocycles. The molecule has 0 radical (unpaired) electrons. The van der Waals surface area contributed by atoms with Gasteiger partial charge in [-0.3, -0.25) is 9.36 Å². The molecule has 7 heteroatoms. The summed E-state index contributed by atoms with van der Waals surface area (Å²) in [6.07, 6.45) is 9.08. The number of amides is 1. The summed E-state index contributed by atoms with van der Waals surface area (Å²) in [6.45, 7) is 5.23. The lowest BCUT2D eigenvalue weighted by Crippen LogP contribution is -2.50. The first-order valence-corrected chi connectivity index (χ1v) is 11.4. The van der Waals surface area contributed by atoms with Gasteiger partial charge >= 0.3 is 0 Å². The standard InChI is InChI=1S/C22H27FN4OS/c1-2-13-27-21(17-9-11-18(23)12-10-17)24-25-22(27)29-15-20(28)26-14-5-7-16-6-3-4-8-19(16)26/h2,9-12,16,19H,1,3-8,13-15H2/t16-,19-/m1/s1.